The summed E-state index contributed by atoms with van der Waals surface area (Å²) < 4.78 is 5.08. The highest BCUT2D eigenvalue weighted by molar-refractivity contribution is 5.97. The normalized spacial score (nSPS) is 21.3. The summed E-state index contributed by atoms with van der Waals surface area (Å²) in [4.78, 5) is 17.9. The molecule has 1 aliphatic carbocycles. The lowest BCUT2D eigenvalue weighted by atomic mass is 9.88. The van der Waals surface area contributed by atoms with Crippen molar-refractivity contribution in [3.05, 3.63) is 23.9 Å². The van der Waals surface area contributed by atoms with E-state index >= 15 is 0 Å². The summed E-state index contributed by atoms with van der Waals surface area (Å²) in [7, 11) is 1.50. The van der Waals surface area contributed by atoms with Gasteiger partial charge in [-0.25, -0.2) is 4.98 Å². The molecule has 3 rings (SSSR count). The largest absolute Gasteiger partial charge is 0.480 e. The fraction of sp³-hybridized carbons (Fsp3) is 0.538. The van der Waals surface area contributed by atoms with Crippen LogP contribution in [0.5, 0.6) is 5.88 Å². The maximum absolute atomic E-state index is 12.2. The molecule has 1 saturated heterocycles. The van der Waals surface area contributed by atoms with Gasteiger partial charge in [-0.05, 0) is 30.9 Å². The number of methoxy groups -OCH3 is 1. The molecular weight excluding hydrogens is 232 g/mol. The second-order valence-corrected chi connectivity index (χ2v) is 5.10. The minimum atomic E-state index is -0.648. The Balaban J connectivity index is 1.72. The molecule has 2 aliphatic rings. The van der Waals surface area contributed by atoms with E-state index in [4.69, 9.17) is 4.74 Å². The van der Waals surface area contributed by atoms with Crippen molar-refractivity contribution in [3.8, 4) is 5.88 Å². The van der Waals surface area contributed by atoms with Crippen molar-refractivity contribution < 1.29 is 14.6 Å². The molecule has 1 N–H and O–H groups in total. The first kappa shape index (κ1) is 11.5. The topological polar surface area (TPSA) is 62.7 Å². The molecule has 1 aromatic heterocycles. The van der Waals surface area contributed by atoms with Crippen molar-refractivity contribution in [3.63, 3.8) is 0 Å². The Bertz CT molecular complexity index is 479. The Morgan fingerprint density at radius 2 is 2.28 bits per heavy atom. The van der Waals surface area contributed by atoms with Gasteiger partial charge in [-0.1, -0.05) is 0 Å². The Hall–Kier alpha value is -1.62. The van der Waals surface area contributed by atoms with Gasteiger partial charge in [-0.2, -0.15) is 0 Å². The van der Waals surface area contributed by atoms with Crippen molar-refractivity contribution in [2.75, 3.05) is 20.2 Å². The molecule has 1 saturated carbocycles. The molecule has 0 aromatic carbocycles. The smallest absolute Gasteiger partial charge is 0.259 e. The van der Waals surface area contributed by atoms with E-state index in [2.05, 4.69) is 4.98 Å². The molecule has 0 bridgehead atoms. The Kier molecular flexibility index (Phi) is 2.52. The van der Waals surface area contributed by atoms with E-state index in [0.717, 1.165) is 12.8 Å². The first-order valence-electron chi connectivity index (χ1n) is 6.15. The fourth-order valence-corrected chi connectivity index (χ4v) is 2.52. The van der Waals surface area contributed by atoms with Crippen LogP contribution in [0, 0.1) is 5.92 Å². The molecular formula is C13H16N2O3. The summed E-state index contributed by atoms with van der Waals surface area (Å²) in [5, 5.41) is 10.2. The van der Waals surface area contributed by atoms with Crippen molar-refractivity contribution in [1.29, 1.82) is 0 Å². The van der Waals surface area contributed by atoms with Crippen LogP contribution in [0.15, 0.2) is 18.3 Å². The van der Waals surface area contributed by atoms with E-state index in [0.29, 0.717) is 30.5 Å². The van der Waals surface area contributed by atoms with Gasteiger partial charge in [0, 0.05) is 6.20 Å². The Labute approximate surface area is 105 Å². The second kappa shape index (κ2) is 3.95. The minimum Gasteiger partial charge on any atom is -0.480 e. The van der Waals surface area contributed by atoms with E-state index < -0.39 is 5.60 Å². The van der Waals surface area contributed by atoms with Crippen LogP contribution in [0.2, 0.25) is 0 Å². The first-order valence-corrected chi connectivity index (χ1v) is 6.15. The van der Waals surface area contributed by atoms with Crippen molar-refractivity contribution >= 4 is 5.91 Å². The maximum atomic E-state index is 12.2. The van der Waals surface area contributed by atoms with Gasteiger partial charge in [0.2, 0.25) is 5.88 Å². The van der Waals surface area contributed by atoms with Gasteiger partial charge in [-0.15, -0.1) is 0 Å². The molecule has 1 aromatic rings. The number of hydrogen-bond acceptors (Lipinski definition) is 4. The molecule has 0 spiro atoms. The molecule has 1 aliphatic heterocycles. The lowest BCUT2D eigenvalue weighted by molar-refractivity contribution is -0.0958. The second-order valence-electron chi connectivity index (χ2n) is 5.10. The Morgan fingerprint density at radius 3 is 2.89 bits per heavy atom. The fourth-order valence-electron chi connectivity index (χ4n) is 2.52. The van der Waals surface area contributed by atoms with Gasteiger partial charge < -0.3 is 14.7 Å². The van der Waals surface area contributed by atoms with Gasteiger partial charge in [-0.3, -0.25) is 4.79 Å². The number of rotatable bonds is 3. The highest BCUT2D eigenvalue weighted by Crippen LogP contribution is 2.44. The first-order chi connectivity index (χ1) is 8.64. The van der Waals surface area contributed by atoms with Crippen molar-refractivity contribution in [2.24, 2.45) is 5.92 Å². The minimum absolute atomic E-state index is 0.120. The summed E-state index contributed by atoms with van der Waals surface area (Å²) in [6.07, 6.45) is 3.75. The number of carbonyl (C=O) groups is 1. The average molecular weight is 248 g/mol. The van der Waals surface area contributed by atoms with Gasteiger partial charge in [0.1, 0.15) is 11.2 Å². The van der Waals surface area contributed by atoms with Crippen LogP contribution in [0.1, 0.15) is 23.2 Å². The molecule has 5 heteroatoms. The molecule has 5 nitrogen and oxygen atoms in total. The molecule has 2 fully saturated rings. The number of nitrogens with zero attached hydrogens (tertiary/aromatic N) is 2. The molecule has 0 atom stereocenters. The Morgan fingerprint density at radius 1 is 1.56 bits per heavy atom. The summed E-state index contributed by atoms with van der Waals surface area (Å²) in [6.45, 7) is 0.850. The monoisotopic (exact) mass is 248 g/mol. The zero-order valence-corrected chi connectivity index (χ0v) is 10.3. The van der Waals surface area contributed by atoms with E-state index in [1.54, 1.807) is 23.2 Å². The van der Waals surface area contributed by atoms with E-state index in [-0.39, 0.29) is 5.91 Å². The number of ether oxygens (including phenoxy) is 1. The zero-order valence-electron chi connectivity index (χ0n) is 10.3. The number of β-amino-alcohol motifs (C(OH)–C–C–N with tert-alkyl or cyclic N) is 1. The predicted octanol–water partition coefficient (Wildman–Crippen LogP) is 0.687. The number of pyridine rings is 1. The van der Waals surface area contributed by atoms with Crippen LogP contribution >= 0.6 is 0 Å². The number of aliphatic hydroxyl groups is 1. The summed E-state index contributed by atoms with van der Waals surface area (Å²) in [5.74, 6) is 0.604. The van der Waals surface area contributed by atoms with Crippen LogP contribution in [0.3, 0.4) is 0 Å². The van der Waals surface area contributed by atoms with Gasteiger partial charge >= 0.3 is 0 Å². The third-order valence-corrected chi connectivity index (χ3v) is 3.75. The molecule has 96 valence electrons. The predicted molar refractivity (Wildman–Crippen MR) is 64.4 cm³/mol. The highest BCUT2D eigenvalue weighted by Gasteiger charge is 2.53. The quantitative estimate of drug-likeness (QED) is 0.854. The molecule has 2 heterocycles. The molecule has 0 radical (unpaired) electrons. The molecule has 18 heavy (non-hydrogen) atoms. The van der Waals surface area contributed by atoms with E-state index in [9.17, 15) is 9.90 Å². The standard InChI is InChI=1S/C13H16N2O3/c1-18-11-10(3-2-6-14-11)12(16)15-7-13(17,8-15)9-4-5-9/h2-3,6,9,17H,4-5,7-8H2,1H3. The highest BCUT2D eigenvalue weighted by atomic mass is 16.5. The number of amides is 1. The maximum Gasteiger partial charge on any atom is 0.259 e. The number of carbonyl (C=O) groups excluding carboxylic acids is 1. The number of likely N-dealkylation sites (tertiary alicyclic amines) is 1. The molecule has 0 unspecified atom stereocenters. The van der Waals surface area contributed by atoms with Crippen LogP contribution < -0.4 is 4.74 Å². The summed E-state index contributed by atoms with van der Waals surface area (Å²) in [5.41, 5.74) is -0.191. The van der Waals surface area contributed by atoms with Gasteiger partial charge in [0.15, 0.2) is 0 Å². The third kappa shape index (κ3) is 1.75. The molecule has 1 amide bonds. The van der Waals surface area contributed by atoms with Crippen LogP contribution in [0.25, 0.3) is 0 Å². The van der Waals surface area contributed by atoms with Crippen LogP contribution in [-0.2, 0) is 0 Å². The SMILES string of the molecule is COc1ncccc1C(=O)N1CC(O)(C2CC2)C1. The van der Waals surface area contributed by atoms with E-state index in [1.165, 1.54) is 7.11 Å². The third-order valence-electron chi connectivity index (χ3n) is 3.75. The van der Waals surface area contributed by atoms with Crippen molar-refractivity contribution in [1.82, 2.24) is 9.88 Å². The summed E-state index contributed by atoms with van der Waals surface area (Å²) >= 11 is 0. The van der Waals surface area contributed by atoms with Crippen molar-refractivity contribution in [2.45, 2.75) is 18.4 Å². The van der Waals surface area contributed by atoms with Gasteiger partial charge in [0.25, 0.3) is 5.91 Å². The van der Waals surface area contributed by atoms with Crippen LogP contribution in [-0.4, -0.2) is 46.7 Å². The number of hydrogen-bond donors (Lipinski definition) is 1. The average Bonchev–Trinajstić information content (AvgIpc) is 3.18. The zero-order chi connectivity index (χ0) is 12.8. The van der Waals surface area contributed by atoms with Gasteiger partial charge in [0.05, 0.1) is 20.2 Å². The summed E-state index contributed by atoms with van der Waals surface area (Å²) in [6, 6.07) is 3.41. The lowest BCUT2D eigenvalue weighted by Gasteiger charge is -2.47. The van der Waals surface area contributed by atoms with Crippen LogP contribution in [0.4, 0.5) is 0 Å². The van der Waals surface area contributed by atoms with E-state index in [1.807, 2.05) is 0 Å². The number of aromatic nitrogens is 1. The lowest BCUT2D eigenvalue weighted by Crippen LogP contribution is -2.64.